The zero-order chi connectivity index (χ0) is 15.8. The van der Waals surface area contributed by atoms with Gasteiger partial charge < -0.3 is 9.73 Å². The van der Waals surface area contributed by atoms with Crippen LogP contribution < -0.4 is 5.32 Å². The standard InChI is InChI=1S/C17H13N3O3.ClH/c21-20(22)14-3-1-2-11(9-14)12-4-5-15-13(8-12)10-23-16(15)17-18-6-7-19-17;/h1-5,8-10H,6-7H2,(H,18,19);1H. The summed E-state index contributed by atoms with van der Waals surface area (Å²) < 4.78 is 5.65. The first-order valence-corrected chi connectivity index (χ1v) is 7.27. The predicted molar refractivity (Wildman–Crippen MR) is 95.0 cm³/mol. The minimum atomic E-state index is -0.387. The Balaban J connectivity index is 0.00000169. The van der Waals surface area contributed by atoms with Crippen molar-refractivity contribution < 1.29 is 9.34 Å². The maximum atomic E-state index is 10.9. The molecule has 2 aromatic carbocycles. The zero-order valence-corrected chi connectivity index (χ0v) is 13.4. The molecular formula is C17H14ClN3O3. The van der Waals surface area contributed by atoms with Crippen LogP contribution in [0.2, 0.25) is 0 Å². The first kappa shape index (κ1) is 16.0. The van der Waals surface area contributed by atoms with Crippen LogP contribution in [0.1, 0.15) is 5.76 Å². The molecule has 7 heteroatoms. The quantitative estimate of drug-likeness (QED) is 0.579. The molecule has 6 nitrogen and oxygen atoms in total. The molecule has 0 spiro atoms. The molecule has 0 unspecified atom stereocenters. The highest BCUT2D eigenvalue weighted by Crippen LogP contribution is 2.29. The molecule has 0 radical (unpaired) electrons. The van der Waals surface area contributed by atoms with Gasteiger partial charge in [-0.3, -0.25) is 15.1 Å². The van der Waals surface area contributed by atoms with Crippen LogP contribution in [0.25, 0.3) is 21.9 Å². The monoisotopic (exact) mass is 343 g/mol. The second-order valence-electron chi connectivity index (χ2n) is 5.33. The lowest BCUT2D eigenvalue weighted by atomic mass is 10.0. The maximum absolute atomic E-state index is 10.9. The molecule has 0 bridgehead atoms. The highest BCUT2D eigenvalue weighted by Gasteiger charge is 2.16. The molecule has 0 atom stereocenters. The molecule has 122 valence electrons. The Bertz CT molecular complexity index is 949. The number of aliphatic imine (C=N–C) groups is 1. The van der Waals surface area contributed by atoms with Gasteiger partial charge in [-0.15, -0.1) is 12.4 Å². The molecule has 0 saturated carbocycles. The third-order valence-electron chi connectivity index (χ3n) is 3.88. The summed E-state index contributed by atoms with van der Waals surface area (Å²) in [4.78, 5) is 14.9. The number of hydrogen-bond donors (Lipinski definition) is 1. The lowest BCUT2D eigenvalue weighted by Gasteiger charge is -2.03. The number of nitro benzene ring substituents is 1. The maximum Gasteiger partial charge on any atom is 0.270 e. The summed E-state index contributed by atoms with van der Waals surface area (Å²) in [5.41, 5.74) is 1.80. The molecule has 2 heterocycles. The first-order valence-electron chi connectivity index (χ1n) is 7.27. The summed E-state index contributed by atoms with van der Waals surface area (Å²) >= 11 is 0. The van der Waals surface area contributed by atoms with Crippen molar-refractivity contribution in [1.82, 2.24) is 5.32 Å². The number of fused-ring (bicyclic) bond motifs is 1. The van der Waals surface area contributed by atoms with Crippen molar-refractivity contribution in [3.63, 3.8) is 0 Å². The van der Waals surface area contributed by atoms with Gasteiger partial charge in [-0.1, -0.05) is 18.2 Å². The summed E-state index contributed by atoms with van der Waals surface area (Å²) in [5, 5.41) is 16.0. The summed E-state index contributed by atoms with van der Waals surface area (Å²) in [6.07, 6.45) is 1.69. The topological polar surface area (TPSA) is 80.7 Å². The second kappa shape index (κ2) is 6.33. The fourth-order valence-corrected chi connectivity index (χ4v) is 2.76. The van der Waals surface area contributed by atoms with Crippen molar-refractivity contribution in [2.45, 2.75) is 0 Å². The van der Waals surface area contributed by atoms with Gasteiger partial charge in [0.25, 0.3) is 5.69 Å². The van der Waals surface area contributed by atoms with E-state index < -0.39 is 0 Å². The molecule has 3 aromatic rings. The van der Waals surface area contributed by atoms with Crippen LogP contribution in [0.3, 0.4) is 0 Å². The smallest absolute Gasteiger partial charge is 0.270 e. The summed E-state index contributed by atoms with van der Waals surface area (Å²) in [6, 6.07) is 12.5. The molecule has 0 amide bonds. The van der Waals surface area contributed by atoms with E-state index >= 15 is 0 Å². The Kier molecular flexibility index (Phi) is 4.22. The first-order chi connectivity index (χ1) is 11.2. The van der Waals surface area contributed by atoms with Gasteiger partial charge in [0.2, 0.25) is 0 Å². The van der Waals surface area contributed by atoms with Crippen LogP contribution in [0.15, 0.2) is 58.1 Å². The van der Waals surface area contributed by atoms with Crippen molar-refractivity contribution in [2.75, 3.05) is 13.1 Å². The van der Waals surface area contributed by atoms with E-state index in [2.05, 4.69) is 10.3 Å². The predicted octanol–water partition coefficient (Wildman–Crippen LogP) is 3.78. The number of amidine groups is 1. The second-order valence-corrected chi connectivity index (χ2v) is 5.33. The average molecular weight is 344 g/mol. The molecule has 0 fully saturated rings. The Labute approximate surface area is 143 Å². The van der Waals surface area contributed by atoms with E-state index in [1.165, 1.54) is 6.07 Å². The van der Waals surface area contributed by atoms with E-state index in [-0.39, 0.29) is 23.0 Å². The highest BCUT2D eigenvalue weighted by molar-refractivity contribution is 6.08. The molecule has 4 rings (SSSR count). The Morgan fingerprint density at radius 2 is 2.00 bits per heavy atom. The van der Waals surface area contributed by atoms with Crippen molar-refractivity contribution in [3.05, 3.63) is 64.6 Å². The largest absolute Gasteiger partial charge is 0.460 e. The van der Waals surface area contributed by atoms with Gasteiger partial charge >= 0.3 is 0 Å². The highest BCUT2D eigenvalue weighted by atomic mass is 35.5. The van der Waals surface area contributed by atoms with Gasteiger partial charge in [-0.25, -0.2) is 0 Å². The Hall–Kier alpha value is -2.86. The van der Waals surface area contributed by atoms with Gasteiger partial charge in [0, 0.05) is 29.4 Å². The van der Waals surface area contributed by atoms with Crippen molar-refractivity contribution in [3.8, 4) is 11.1 Å². The normalized spacial score (nSPS) is 13.2. The number of benzene rings is 2. The van der Waals surface area contributed by atoms with E-state index in [1.54, 1.807) is 18.4 Å². The van der Waals surface area contributed by atoms with E-state index in [0.29, 0.717) is 0 Å². The third kappa shape index (κ3) is 2.72. The molecule has 0 saturated heterocycles. The Morgan fingerprint density at radius 3 is 2.75 bits per heavy atom. The van der Waals surface area contributed by atoms with Crippen molar-refractivity contribution in [1.29, 1.82) is 0 Å². The number of furan rings is 1. The van der Waals surface area contributed by atoms with Gasteiger partial charge in [0.1, 0.15) is 0 Å². The van der Waals surface area contributed by atoms with Crippen LogP contribution in [-0.4, -0.2) is 23.8 Å². The number of halogens is 1. The summed E-state index contributed by atoms with van der Waals surface area (Å²) in [6.45, 7) is 1.58. The number of non-ortho nitro benzene ring substituents is 1. The molecule has 1 N–H and O–H groups in total. The SMILES string of the molecule is Cl.O=[N+]([O-])c1cccc(-c2ccc3c(C4=NCCN4)occ3c2)c1. The summed E-state index contributed by atoms with van der Waals surface area (Å²) in [7, 11) is 0. The van der Waals surface area contributed by atoms with Gasteiger partial charge in [-0.05, 0) is 23.3 Å². The minimum Gasteiger partial charge on any atom is -0.460 e. The number of hydrogen-bond acceptors (Lipinski definition) is 5. The zero-order valence-electron chi connectivity index (χ0n) is 12.6. The Morgan fingerprint density at radius 1 is 1.17 bits per heavy atom. The number of rotatable bonds is 3. The van der Waals surface area contributed by atoms with E-state index in [9.17, 15) is 10.1 Å². The minimum absolute atomic E-state index is 0. The lowest BCUT2D eigenvalue weighted by Crippen LogP contribution is -2.18. The summed E-state index contributed by atoms with van der Waals surface area (Å²) in [5.74, 6) is 1.52. The molecule has 1 aliphatic heterocycles. The number of nitrogens with zero attached hydrogens (tertiary/aromatic N) is 2. The molecular weight excluding hydrogens is 330 g/mol. The van der Waals surface area contributed by atoms with Gasteiger partial charge in [0.15, 0.2) is 11.6 Å². The van der Waals surface area contributed by atoms with Crippen LogP contribution >= 0.6 is 12.4 Å². The van der Waals surface area contributed by atoms with Crippen LogP contribution in [0.5, 0.6) is 0 Å². The lowest BCUT2D eigenvalue weighted by molar-refractivity contribution is -0.384. The van der Waals surface area contributed by atoms with Gasteiger partial charge in [0.05, 0.1) is 17.7 Å². The van der Waals surface area contributed by atoms with Gasteiger partial charge in [-0.2, -0.15) is 0 Å². The average Bonchev–Trinajstić information content (AvgIpc) is 3.23. The van der Waals surface area contributed by atoms with E-state index in [1.807, 2.05) is 24.3 Å². The molecule has 0 aliphatic carbocycles. The van der Waals surface area contributed by atoms with E-state index in [4.69, 9.17) is 4.42 Å². The van der Waals surface area contributed by atoms with Crippen molar-refractivity contribution in [2.24, 2.45) is 4.99 Å². The molecule has 1 aromatic heterocycles. The van der Waals surface area contributed by atoms with Crippen LogP contribution in [0, 0.1) is 10.1 Å². The number of nitro groups is 1. The number of nitrogens with one attached hydrogen (secondary N) is 1. The van der Waals surface area contributed by atoms with Crippen LogP contribution in [-0.2, 0) is 0 Å². The molecule has 24 heavy (non-hydrogen) atoms. The van der Waals surface area contributed by atoms with E-state index in [0.717, 1.165) is 46.6 Å². The third-order valence-corrected chi connectivity index (χ3v) is 3.88. The molecule has 1 aliphatic rings. The fraction of sp³-hybridized carbons (Fsp3) is 0.118. The van der Waals surface area contributed by atoms with Crippen molar-refractivity contribution >= 4 is 34.7 Å². The van der Waals surface area contributed by atoms with Crippen LogP contribution in [0.4, 0.5) is 5.69 Å². The fourth-order valence-electron chi connectivity index (χ4n) is 2.76.